The third kappa shape index (κ3) is 3.82. The van der Waals surface area contributed by atoms with Crippen molar-refractivity contribution in [2.24, 2.45) is 0 Å². The summed E-state index contributed by atoms with van der Waals surface area (Å²) in [5, 5.41) is 14.1. The van der Waals surface area contributed by atoms with Crippen LogP contribution in [0.2, 0.25) is 0 Å². The summed E-state index contributed by atoms with van der Waals surface area (Å²) < 4.78 is 20.8. The summed E-state index contributed by atoms with van der Waals surface area (Å²) in [6.07, 6.45) is 2.15. The number of aliphatic hydroxyl groups excluding tert-OH is 1. The summed E-state index contributed by atoms with van der Waals surface area (Å²) in [6, 6.07) is 6.38. The second-order valence-corrected chi connectivity index (χ2v) is 5.19. The normalized spacial score (nSPS) is 14.0. The highest BCUT2D eigenvalue weighted by Crippen LogP contribution is 2.26. The van der Waals surface area contributed by atoms with Crippen molar-refractivity contribution >= 4 is 0 Å². The van der Waals surface area contributed by atoms with Gasteiger partial charge in [0.1, 0.15) is 18.2 Å². The first-order chi connectivity index (χ1) is 10.0. The fraction of sp³-hybridized carbons (Fsp3) is 0.438. The van der Waals surface area contributed by atoms with Crippen LogP contribution >= 0.6 is 0 Å². The Bertz CT molecular complexity index is 596. The number of aromatic nitrogens is 2. The molecule has 0 saturated heterocycles. The largest absolute Gasteiger partial charge is 0.487 e. The molecule has 0 spiro atoms. The van der Waals surface area contributed by atoms with Gasteiger partial charge in [-0.2, -0.15) is 5.10 Å². The predicted octanol–water partition coefficient (Wildman–Crippen LogP) is 3.63. The van der Waals surface area contributed by atoms with Crippen LogP contribution in [0.15, 0.2) is 30.5 Å². The molecule has 1 N–H and O–H groups in total. The van der Waals surface area contributed by atoms with Gasteiger partial charge in [0, 0.05) is 17.8 Å². The van der Waals surface area contributed by atoms with Crippen molar-refractivity contribution in [3.63, 3.8) is 0 Å². The quantitative estimate of drug-likeness (QED) is 0.884. The van der Waals surface area contributed by atoms with Crippen LogP contribution in [-0.4, -0.2) is 14.9 Å². The molecule has 4 nitrogen and oxygen atoms in total. The summed E-state index contributed by atoms with van der Waals surface area (Å²) in [6.45, 7) is 6.08. The van der Waals surface area contributed by atoms with Crippen LogP contribution in [0.4, 0.5) is 4.39 Å². The van der Waals surface area contributed by atoms with Gasteiger partial charge in [0.2, 0.25) is 0 Å². The third-order valence-electron chi connectivity index (χ3n) is 3.50. The number of halogens is 1. The lowest BCUT2D eigenvalue weighted by Gasteiger charge is -2.13. The van der Waals surface area contributed by atoms with E-state index in [4.69, 9.17) is 4.74 Å². The Hall–Kier alpha value is -1.88. The molecule has 114 valence electrons. The Morgan fingerprint density at radius 1 is 1.33 bits per heavy atom. The summed E-state index contributed by atoms with van der Waals surface area (Å²) in [5.74, 6) is 0.0868. The molecule has 21 heavy (non-hydrogen) atoms. The van der Waals surface area contributed by atoms with Gasteiger partial charge in [-0.15, -0.1) is 0 Å². The molecule has 1 unspecified atom stereocenters. The maximum absolute atomic E-state index is 13.2. The minimum absolute atomic E-state index is 0.286. The fourth-order valence-electron chi connectivity index (χ4n) is 2.02. The van der Waals surface area contributed by atoms with Gasteiger partial charge in [0.25, 0.3) is 0 Å². The Labute approximate surface area is 124 Å². The van der Waals surface area contributed by atoms with Gasteiger partial charge < -0.3 is 9.84 Å². The first-order valence-electron chi connectivity index (χ1n) is 7.15. The molecule has 0 bridgehead atoms. The molecule has 5 heteroatoms. The van der Waals surface area contributed by atoms with Gasteiger partial charge in [-0.25, -0.2) is 4.39 Å². The van der Waals surface area contributed by atoms with Gasteiger partial charge in [-0.1, -0.05) is 6.92 Å². The van der Waals surface area contributed by atoms with Crippen molar-refractivity contribution in [3.05, 3.63) is 47.5 Å². The van der Waals surface area contributed by atoms with Crippen LogP contribution in [0.3, 0.4) is 0 Å². The van der Waals surface area contributed by atoms with Crippen LogP contribution in [-0.2, 0) is 6.61 Å². The first kappa shape index (κ1) is 15.5. The molecule has 1 aromatic carbocycles. The van der Waals surface area contributed by atoms with Crippen molar-refractivity contribution in [1.29, 1.82) is 0 Å². The van der Waals surface area contributed by atoms with Crippen LogP contribution in [0, 0.1) is 5.82 Å². The highest BCUT2D eigenvalue weighted by molar-refractivity contribution is 5.35. The molecule has 0 saturated carbocycles. The van der Waals surface area contributed by atoms with Crippen molar-refractivity contribution in [2.45, 2.75) is 45.9 Å². The number of ether oxygens (including phenoxy) is 1. The van der Waals surface area contributed by atoms with Gasteiger partial charge in [-0.3, -0.25) is 4.68 Å². The van der Waals surface area contributed by atoms with Crippen molar-refractivity contribution < 1.29 is 14.2 Å². The van der Waals surface area contributed by atoms with E-state index in [-0.39, 0.29) is 12.4 Å². The summed E-state index contributed by atoms with van der Waals surface area (Å²) in [4.78, 5) is 0. The third-order valence-corrected chi connectivity index (χ3v) is 3.50. The van der Waals surface area contributed by atoms with E-state index in [0.29, 0.717) is 17.4 Å². The van der Waals surface area contributed by atoms with Crippen molar-refractivity contribution in [3.8, 4) is 5.75 Å². The Kier molecular flexibility index (Phi) is 4.96. The smallest absolute Gasteiger partial charge is 0.132 e. The highest BCUT2D eigenvalue weighted by Gasteiger charge is 2.12. The van der Waals surface area contributed by atoms with Gasteiger partial charge >= 0.3 is 0 Å². The molecule has 0 amide bonds. The molecule has 2 aromatic rings. The Morgan fingerprint density at radius 2 is 2.10 bits per heavy atom. The monoisotopic (exact) mass is 292 g/mol. The van der Waals surface area contributed by atoms with E-state index in [0.717, 1.165) is 12.1 Å². The van der Waals surface area contributed by atoms with Crippen molar-refractivity contribution in [1.82, 2.24) is 9.78 Å². The number of nitrogens with zero attached hydrogens (tertiary/aromatic N) is 2. The van der Waals surface area contributed by atoms with Crippen LogP contribution in [0.1, 0.15) is 50.6 Å². The van der Waals surface area contributed by atoms with E-state index in [1.165, 1.54) is 18.2 Å². The van der Waals surface area contributed by atoms with E-state index in [1.54, 1.807) is 6.92 Å². The highest BCUT2D eigenvalue weighted by atomic mass is 19.1. The van der Waals surface area contributed by atoms with Gasteiger partial charge in [-0.05, 0) is 44.5 Å². The molecule has 0 aliphatic rings. The standard InChI is InChI=1S/C16H21FN2O2/c1-4-11(2)19-8-7-14(18-19)10-21-16-6-5-13(17)9-15(16)12(3)20/h5-9,11-12,20H,4,10H2,1-3H3/t11?,12-/m0/s1. The van der Waals surface area contributed by atoms with Crippen LogP contribution in [0.25, 0.3) is 0 Å². The minimum Gasteiger partial charge on any atom is -0.487 e. The lowest BCUT2D eigenvalue weighted by atomic mass is 10.1. The SMILES string of the molecule is CCC(C)n1ccc(COc2ccc(F)cc2[C@H](C)O)n1. The molecule has 0 fully saturated rings. The zero-order valence-corrected chi connectivity index (χ0v) is 12.6. The molecular weight excluding hydrogens is 271 g/mol. The summed E-state index contributed by atoms with van der Waals surface area (Å²) in [7, 11) is 0. The molecule has 2 rings (SSSR count). The van der Waals surface area contributed by atoms with Gasteiger partial charge in [0.15, 0.2) is 0 Å². The maximum atomic E-state index is 13.2. The van der Waals surface area contributed by atoms with E-state index < -0.39 is 6.10 Å². The van der Waals surface area contributed by atoms with E-state index in [2.05, 4.69) is 18.9 Å². The van der Waals surface area contributed by atoms with Crippen LogP contribution in [0.5, 0.6) is 5.75 Å². The number of aliphatic hydroxyl groups is 1. The van der Waals surface area contributed by atoms with Gasteiger partial charge in [0.05, 0.1) is 11.8 Å². The topological polar surface area (TPSA) is 47.3 Å². The van der Waals surface area contributed by atoms with E-state index in [9.17, 15) is 9.50 Å². The second kappa shape index (κ2) is 6.72. The fourth-order valence-corrected chi connectivity index (χ4v) is 2.02. The second-order valence-electron chi connectivity index (χ2n) is 5.19. The average Bonchev–Trinajstić information content (AvgIpc) is 2.93. The van der Waals surface area contributed by atoms with E-state index in [1.807, 2.05) is 16.9 Å². The number of benzene rings is 1. The zero-order valence-electron chi connectivity index (χ0n) is 12.6. The lowest BCUT2D eigenvalue weighted by molar-refractivity contribution is 0.189. The van der Waals surface area contributed by atoms with Crippen LogP contribution < -0.4 is 4.74 Å². The Morgan fingerprint density at radius 3 is 2.76 bits per heavy atom. The number of hydrogen-bond donors (Lipinski definition) is 1. The van der Waals surface area contributed by atoms with E-state index >= 15 is 0 Å². The van der Waals surface area contributed by atoms with Crippen molar-refractivity contribution in [2.75, 3.05) is 0 Å². The number of rotatable bonds is 6. The lowest BCUT2D eigenvalue weighted by Crippen LogP contribution is -2.06. The average molecular weight is 292 g/mol. The first-order valence-corrected chi connectivity index (χ1v) is 7.15. The molecule has 2 atom stereocenters. The molecule has 0 aliphatic heterocycles. The molecule has 0 aliphatic carbocycles. The maximum Gasteiger partial charge on any atom is 0.132 e. The summed E-state index contributed by atoms with van der Waals surface area (Å²) >= 11 is 0. The Balaban J connectivity index is 2.08. The molecule has 1 heterocycles. The summed E-state index contributed by atoms with van der Waals surface area (Å²) in [5.41, 5.74) is 1.24. The number of hydrogen-bond acceptors (Lipinski definition) is 3. The molecule has 0 radical (unpaired) electrons. The zero-order chi connectivity index (χ0) is 15.4. The molecular formula is C16H21FN2O2. The predicted molar refractivity (Wildman–Crippen MR) is 78.6 cm³/mol. The minimum atomic E-state index is -0.784. The molecule has 1 aromatic heterocycles.